The van der Waals surface area contributed by atoms with Gasteiger partial charge in [-0.2, -0.15) is 0 Å². The maximum Gasteiger partial charge on any atom is 0.180 e. The van der Waals surface area contributed by atoms with E-state index in [9.17, 15) is 0 Å². The zero-order chi connectivity index (χ0) is 29.0. The monoisotopic (exact) mass is 564 g/mol. The van der Waals surface area contributed by atoms with Crippen molar-refractivity contribution in [1.82, 2.24) is 9.97 Å². The maximum absolute atomic E-state index is 6.42. The highest BCUT2D eigenvalue weighted by atomic mass is 16.3. The van der Waals surface area contributed by atoms with E-state index in [2.05, 4.69) is 103 Å². The minimum atomic E-state index is 0.616. The third-order valence-corrected chi connectivity index (χ3v) is 8.31. The molecule has 0 unspecified atom stereocenters. The molecule has 0 amide bonds. The van der Waals surface area contributed by atoms with Gasteiger partial charge in [0.2, 0.25) is 0 Å². The molecule has 0 radical (unpaired) electrons. The Balaban J connectivity index is 1.30. The van der Waals surface area contributed by atoms with Gasteiger partial charge in [0.25, 0.3) is 0 Å². The molecule has 0 N–H and O–H groups in total. The molecule has 0 atom stereocenters. The fraction of sp³-hybridized carbons (Fsp3) is 0. The number of hydrogen-bond acceptors (Lipinski definition) is 4. The smallest absolute Gasteiger partial charge is 0.180 e. The van der Waals surface area contributed by atoms with Crippen molar-refractivity contribution in [2.24, 2.45) is 0 Å². The molecule has 4 nitrogen and oxygen atoms in total. The Hall–Kier alpha value is -6.00. The molecule has 0 bridgehead atoms. The summed E-state index contributed by atoms with van der Waals surface area (Å²) >= 11 is 0. The number of hydrogen-bond donors (Lipinski definition) is 0. The van der Waals surface area contributed by atoms with Gasteiger partial charge in [0.15, 0.2) is 11.4 Å². The second-order valence-corrected chi connectivity index (χ2v) is 11.0. The van der Waals surface area contributed by atoms with Crippen LogP contribution in [0, 0.1) is 0 Å². The molecule has 9 rings (SSSR count). The fourth-order valence-corrected chi connectivity index (χ4v) is 6.20. The number of para-hydroxylation sites is 2. The van der Waals surface area contributed by atoms with Gasteiger partial charge in [0.1, 0.15) is 28.0 Å². The molecule has 206 valence electrons. The highest BCUT2D eigenvalue weighted by Gasteiger charge is 2.21. The lowest BCUT2D eigenvalue weighted by atomic mass is 9.96. The van der Waals surface area contributed by atoms with Crippen LogP contribution in [0.25, 0.3) is 88.9 Å². The van der Waals surface area contributed by atoms with Gasteiger partial charge in [-0.05, 0) is 52.6 Å². The van der Waals surface area contributed by atoms with Crippen LogP contribution in [0.1, 0.15) is 0 Å². The molecule has 0 spiro atoms. The van der Waals surface area contributed by atoms with E-state index < -0.39 is 0 Å². The molecular weight excluding hydrogens is 540 g/mol. The average Bonchev–Trinajstić information content (AvgIpc) is 3.67. The van der Waals surface area contributed by atoms with Crippen LogP contribution in [0.3, 0.4) is 0 Å². The Morgan fingerprint density at radius 3 is 1.75 bits per heavy atom. The van der Waals surface area contributed by atoms with Crippen molar-refractivity contribution in [3.8, 4) is 44.9 Å². The van der Waals surface area contributed by atoms with Crippen LogP contribution in [0.4, 0.5) is 0 Å². The molecule has 0 saturated carbocycles. The van der Waals surface area contributed by atoms with Gasteiger partial charge in [-0.1, -0.05) is 115 Å². The molecule has 0 aliphatic rings. The third-order valence-electron chi connectivity index (χ3n) is 8.31. The van der Waals surface area contributed by atoms with Gasteiger partial charge in [-0.3, -0.25) is 0 Å². The van der Waals surface area contributed by atoms with Crippen LogP contribution in [-0.4, -0.2) is 9.97 Å². The van der Waals surface area contributed by atoms with E-state index in [1.165, 1.54) is 5.56 Å². The van der Waals surface area contributed by atoms with E-state index in [4.69, 9.17) is 18.8 Å². The summed E-state index contributed by atoms with van der Waals surface area (Å²) in [5, 5.41) is 3.13. The molecule has 0 saturated heterocycles. The molecule has 3 aromatic heterocycles. The summed E-state index contributed by atoms with van der Waals surface area (Å²) in [6, 6.07) is 49.8. The largest absolute Gasteiger partial charge is 0.456 e. The Labute approximate surface area is 252 Å². The molecule has 6 aromatic carbocycles. The van der Waals surface area contributed by atoms with Gasteiger partial charge in [-0.15, -0.1) is 0 Å². The van der Waals surface area contributed by atoms with Crippen molar-refractivity contribution >= 4 is 44.0 Å². The van der Waals surface area contributed by atoms with Crippen LogP contribution in [0.15, 0.2) is 154 Å². The first-order chi connectivity index (χ1) is 21.8. The summed E-state index contributed by atoms with van der Waals surface area (Å²) in [7, 11) is 0. The second kappa shape index (κ2) is 9.79. The topological polar surface area (TPSA) is 52.1 Å². The molecule has 0 aliphatic heterocycles. The summed E-state index contributed by atoms with van der Waals surface area (Å²) in [6.07, 6.45) is 0. The first kappa shape index (κ1) is 24.6. The average molecular weight is 565 g/mol. The molecule has 44 heavy (non-hydrogen) atoms. The summed E-state index contributed by atoms with van der Waals surface area (Å²) < 4.78 is 12.8. The Kier molecular flexibility index (Phi) is 5.47. The number of nitrogens with zero attached hydrogens (tertiary/aromatic N) is 2. The number of aromatic nitrogens is 2. The van der Waals surface area contributed by atoms with Crippen LogP contribution in [-0.2, 0) is 0 Å². The molecule has 4 heteroatoms. The maximum atomic E-state index is 6.42. The van der Waals surface area contributed by atoms with Gasteiger partial charge < -0.3 is 8.83 Å². The van der Waals surface area contributed by atoms with E-state index in [1.54, 1.807) is 0 Å². The summed E-state index contributed by atoms with van der Waals surface area (Å²) in [6.45, 7) is 0. The van der Waals surface area contributed by atoms with Crippen LogP contribution < -0.4 is 0 Å². The third kappa shape index (κ3) is 3.92. The van der Waals surface area contributed by atoms with Crippen LogP contribution in [0.5, 0.6) is 0 Å². The predicted octanol–water partition coefficient (Wildman–Crippen LogP) is 10.9. The van der Waals surface area contributed by atoms with Crippen molar-refractivity contribution in [2.75, 3.05) is 0 Å². The molecule has 3 heterocycles. The summed E-state index contributed by atoms with van der Waals surface area (Å²) in [4.78, 5) is 10.3. The number of furan rings is 2. The van der Waals surface area contributed by atoms with Gasteiger partial charge in [0.05, 0.1) is 0 Å². The zero-order valence-electron chi connectivity index (χ0n) is 23.6. The quantitative estimate of drug-likeness (QED) is 0.213. The minimum Gasteiger partial charge on any atom is -0.456 e. The number of rotatable bonds is 4. The first-order valence-electron chi connectivity index (χ1n) is 14.7. The first-order valence-corrected chi connectivity index (χ1v) is 14.7. The Morgan fingerprint density at radius 2 is 1.00 bits per heavy atom. The summed E-state index contributed by atoms with van der Waals surface area (Å²) in [5.74, 6) is 0.616. The van der Waals surface area contributed by atoms with E-state index in [0.29, 0.717) is 11.4 Å². The molecule has 9 aromatic rings. The lowest BCUT2D eigenvalue weighted by Gasteiger charge is -2.10. The van der Waals surface area contributed by atoms with Gasteiger partial charge in [0, 0.05) is 27.3 Å². The Morgan fingerprint density at radius 1 is 0.409 bits per heavy atom. The van der Waals surface area contributed by atoms with Crippen LogP contribution in [0.2, 0.25) is 0 Å². The highest BCUT2D eigenvalue weighted by Crippen LogP contribution is 2.41. The van der Waals surface area contributed by atoms with Crippen LogP contribution >= 0.6 is 0 Å². The normalized spacial score (nSPS) is 11.6. The van der Waals surface area contributed by atoms with E-state index in [0.717, 1.165) is 71.9 Å². The van der Waals surface area contributed by atoms with Gasteiger partial charge >= 0.3 is 0 Å². The SMILES string of the molecule is c1ccc(-c2ccc(-c3nc(-c4cc(-c5ccccc5)c5c(c4)oc4ccccc45)nc4c3oc3ccccc34)cc2)cc1. The highest BCUT2D eigenvalue weighted by molar-refractivity contribution is 6.14. The van der Waals surface area contributed by atoms with E-state index in [-0.39, 0.29) is 0 Å². The summed E-state index contributed by atoms with van der Waals surface area (Å²) in [5.41, 5.74) is 11.0. The zero-order valence-corrected chi connectivity index (χ0v) is 23.6. The predicted molar refractivity (Wildman–Crippen MR) is 178 cm³/mol. The van der Waals surface area contributed by atoms with E-state index in [1.807, 2.05) is 42.5 Å². The van der Waals surface area contributed by atoms with Crippen molar-refractivity contribution in [2.45, 2.75) is 0 Å². The fourth-order valence-electron chi connectivity index (χ4n) is 6.20. The van der Waals surface area contributed by atoms with Crippen molar-refractivity contribution < 1.29 is 8.83 Å². The lowest BCUT2D eigenvalue weighted by Crippen LogP contribution is -1.95. The van der Waals surface area contributed by atoms with Crippen molar-refractivity contribution in [3.63, 3.8) is 0 Å². The number of benzene rings is 6. The standard InChI is InChI=1S/C40H24N2O2/c1-3-11-25(12-4-1)26-19-21-28(22-20-26)37-39-38(31-16-8-10-18-34(31)44-39)42-40(41-37)29-23-32(27-13-5-2-6-14-27)36-30-15-7-9-17-33(30)43-35(36)24-29/h1-24H. The van der Waals surface area contributed by atoms with Crippen molar-refractivity contribution in [3.05, 3.63) is 146 Å². The van der Waals surface area contributed by atoms with E-state index >= 15 is 0 Å². The molecule has 0 aliphatic carbocycles. The lowest BCUT2D eigenvalue weighted by molar-refractivity contribution is 0.667. The molecular formula is C40H24N2O2. The molecule has 0 fully saturated rings. The minimum absolute atomic E-state index is 0.616. The number of fused-ring (bicyclic) bond motifs is 6. The second-order valence-electron chi connectivity index (χ2n) is 11.0. The van der Waals surface area contributed by atoms with Gasteiger partial charge in [-0.25, -0.2) is 9.97 Å². The van der Waals surface area contributed by atoms with Crippen molar-refractivity contribution in [1.29, 1.82) is 0 Å². The Bertz CT molecular complexity index is 2470.